The Balaban J connectivity index is 2.13. The van der Waals surface area contributed by atoms with Crippen molar-refractivity contribution in [3.8, 4) is 0 Å². The van der Waals surface area contributed by atoms with Crippen molar-refractivity contribution in [1.82, 2.24) is 4.90 Å². The third kappa shape index (κ3) is 1.30. The second kappa shape index (κ2) is 3.23. The minimum atomic E-state index is -0.258. The van der Waals surface area contributed by atoms with E-state index in [-0.39, 0.29) is 12.1 Å². The maximum atomic E-state index is 9.35. The van der Waals surface area contributed by atoms with Gasteiger partial charge in [0, 0.05) is 18.6 Å². The quantitative estimate of drug-likeness (QED) is 0.637. The zero-order valence-corrected chi connectivity index (χ0v) is 8.37. The molecule has 76 valence electrons. The van der Waals surface area contributed by atoms with E-state index in [1.54, 1.807) is 0 Å². The molecule has 3 heteroatoms. The van der Waals surface area contributed by atoms with Crippen molar-refractivity contribution in [3.05, 3.63) is 0 Å². The van der Waals surface area contributed by atoms with E-state index < -0.39 is 0 Å². The molecule has 1 saturated heterocycles. The summed E-state index contributed by atoms with van der Waals surface area (Å²) >= 11 is 0. The van der Waals surface area contributed by atoms with Gasteiger partial charge in [-0.15, -0.1) is 0 Å². The fraction of sp³-hybridized carbons (Fsp3) is 1.00. The molecule has 2 aliphatic rings. The molecule has 0 aromatic heterocycles. The van der Waals surface area contributed by atoms with Crippen LogP contribution in [0, 0.1) is 11.8 Å². The van der Waals surface area contributed by atoms with Gasteiger partial charge in [0.2, 0.25) is 0 Å². The Morgan fingerprint density at radius 3 is 2.31 bits per heavy atom. The predicted molar refractivity (Wildman–Crippen MR) is 52.3 cm³/mol. The van der Waals surface area contributed by atoms with Gasteiger partial charge in [0.05, 0.1) is 6.61 Å². The second-order valence-corrected chi connectivity index (χ2v) is 4.59. The van der Waals surface area contributed by atoms with Crippen LogP contribution in [-0.4, -0.2) is 41.8 Å². The van der Waals surface area contributed by atoms with Crippen LogP contribution in [0.5, 0.6) is 0 Å². The molecule has 1 aliphatic carbocycles. The number of hydrogen-bond acceptors (Lipinski definition) is 3. The van der Waals surface area contributed by atoms with Crippen molar-refractivity contribution in [2.24, 2.45) is 17.6 Å². The molecule has 13 heavy (non-hydrogen) atoms. The lowest BCUT2D eigenvalue weighted by atomic mass is 9.78. The molecule has 0 spiro atoms. The van der Waals surface area contributed by atoms with E-state index in [1.807, 2.05) is 0 Å². The number of nitrogens with two attached hydrogens (primary N) is 1. The van der Waals surface area contributed by atoms with Crippen molar-refractivity contribution in [3.63, 3.8) is 0 Å². The van der Waals surface area contributed by atoms with E-state index in [0.29, 0.717) is 11.8 Å². The summed E-state index contributed by atoms with van der Waals surface area (Å²) in [5.74, 6) is 1.05. The molecule has 2 rings (SSSR count). The van der Waals surface area contributed by atoms with Gasteiger partial charge in [-0.1, -0.05) is 6.92 Å². The normalized spacial score (nSPS) is 45.5. The SMILES string of the molecule is CCN1CC2CCC(C1)C2(N)CO. The molecule has 3 nitrogen and oxygen atoms in total. The fourth-order valence-electron chi connectivity index (χ4n) is 3.01. The summed E-state index contributed by atoms with van der Waals surface area (Å²) in [6.07, 6.45) is 2.41. The van der Waals surface area contributed by atoms with Crippen molar-refractivity contribution in [2.75, 3.05) is 26.2 Å². The van der Waals surface area contributed by atoms with Crippen molar-refractivity contribution in [1.29, 1.82) is 0 Å². The fourth-order valence-corrected chi connectivity index (χ4v) is 3.01. The van der Waals surface area contributed by atoms with Gasteiger partial charge in [-0.05, 0) is 31.2 Å². The largest absolute Gasteiger partial charge is 0.394 e. The van der Waals surface area contributed by atoms with E-state index in [2.05, 4.69) is 11.8 Å². The van der Waals surface area contributed by atoms with Gasteiger partial charge in [0.1, 0.15) is 0 Å². The van der Waals surface area contributed by atoms with Crippen molar-refractivity contribution in [2.45, 2.75) is 25.3 Å². The van der Waals surface area contributed by atoms with Crippen LogP contribution in [0.4, 0.5) is 0 Å². The summed E-state index contributed by atoms with van der Waals surface area (Å²) in [6, 6.07) is 0. The first-order valence-corrected chi connectivity index (χ1v) is 5.32. The second-order valence-electron chi connectivity index (χ2n) is 4.59. The highest BCUT2D eigenvalue weighted by Gasteiger charge is 2.50. The van der Waals surface area contributed by atoms with Gasteiger partial charge >= 0.3 is 0 Å². The summed E-state index contributed by atoms with van der Waals surface area (Å²) in [5, 5.41) is 9.35. The average Bonchev–Trinajstić information content (AvgIpc) is 2.39. The van der Waals surface area contributed by atoms with Crippen LogP contribution in [-0.2, 0) is 0 Å². The summed E-state index contributed by atoms with van der Waals surface area (Å²) < 4.78 is 0. The molecule has 1 saturated carbocycles. The van der Waals surface area contributed by atoms with E-state index in [9.17, 15) is 5.11 Å². The Labute approximate surface area is 79.9 Å². The predicted octanol–water partition coefficient (Wildman–Crippen LogP) is 0.0379. The first kappa shape index (κ1) is 9.44. The molecule has 2 bridgehead atoms. The molecule has 0 amide bonds. The molecule has 1 heterocycles. The number of fused-ring (bicyclic) bond motifs is 2. The van der Waals surface area contributed by atoms with Crippen molar-refractivity contribution < 1.29 is 5.11 Å². The lowest BCUT2D eigenvalue weighted by molar-refractivity contribution is 0.0431. The van der Waals surface area contributed by atoms with Gasteiger partial charge < -0.3 is 15.7 Å². The first-order chi connectivity index (χ1) is 6.20. The lowest BCUT2D eigenvalue weighted by Crippen LogP contribution is -2.61. The van der Waals surface area contributed by atoms with Gasteiger partial charge in [0.25, 0.3) is 0 Å². The summed E-state index contributed by atoms with van der Waals surface area (Å²) in [7, 11) is 0. The Bertz CT molecular complexity index is 181. The van der Waals surface area contributed by atoms with E-state index in [4.69, 9.17) is 5.73 Å². The molecule has 0 radical (unpaired) electrons. The molecule has 2 unspecified atom stereocenters. The summed E-state index contributed by atoms with van der Waals surface area (Å²) in [5.41, 5.74) is 5.99. The van der Waals surface area contributed by atoms with Crippen LogP contribution in [0.3, 0.4) is 0 Å². The Morgan fingerprint density at radius 1 is 1.38 bits per heavy atom. The highest BCUT2D eigenvalue weighted by molar-refractivity contribution is 5.07. The van der Waals surface area contributed by atoms with Crippen LogP contribution >= 0.6 is 0 Å². The number of likely N-dealkylation sites (tertiary alicyclic amines) is 1. The number of piperidine rings is 1. The number of aliphatic hydroxyl groups excluding tert-OH is 1. The molecular weight excluding hydrogens is 164 g/mol. The first-order valence-electron chi connectivity index (χ1n) is 5.32. The van der Waals surface area contributed by atoms with Crippen molar-refractivity contribution >= 4 is 0 Å². The van der Waals surface area contributed by atoms with Crippen LogP contribution in [0.2, 0.25) is 0 Å². The molecule has 2 atom stereocenters. The number of hydrogen-bond donors (Lipinski definition) is 2. The van der Waals surface area contributed by atoms with Crippen LogP contribution in [0.1, 0.15) is 19.8 Å². The maximum Gasteiger partial charge on any atom is 0.0617 e. The van der Waals surface area contributed by atoms with E-state index >= 15 is 0 Å². The third-order valence-electron chi connectivity index (χ3n) is 4.06. The molecular formula is C10H20N2O. The molecule has 0 aromatic rings. The summed E-state index contributed by atoms with van der Waals surface area (Å²) in [6.45, 7) is 5.66. The van der Waals surface area contributed by atoms with Crippen LogP contribution < -0.4 is 5.73 Å². The Hall–Kier alpha value is -0.120. The van der Waals surface area contributed by atoms with Gasteiger partial charge in [-0.2, -0.15) is 0 Å². The van der Waals surface area contributed by atoms with E-state index in [1.165, 1.54) is 12.8 Å². The highest BCUT2D eigenvalue weighted by Crippen LogP contribution is 2.42. The molecule has 3 N–H and O–H groups in total. The zero-order valence-electron chi connectivity index (χ0n) is 8.37. The smallest absolute Gasteiger partial charge is 0.0617 e. The molecule has 1 aliphatic heterocycles. The highest BCUT2D eigenvalue weighted by atomic mass is 16.3. The number of nitrogens with zero attached hydrogens (tertiary/aromatic N) is 1. The van der Waals surface area contributed by atoms with Crippen LogP contribution in [0.15, 0.2) is 0 Å². The topological polar surface area (TPSA) is 49.5 Å². The van der Waals surface area contributed by atoms with Crippen LogP contribution in [0.25, 0.3) is 0 Å². The van der Waals surface area contributed by atoms with E-state index in [0.717, 1.165) is 19.6 Å². The number of aliphatic hydroxyl groups is 1. The van der Waals surface area contributed by atoms with Gasteiger partial charge in [-0.25, -0.2) is 0 Å². The average molecular weight is 184 g/mol. The molecule has 2 fully saturated rings. The zero-order chi connectivity index (χ0) is 9.47. The Morgan fingerprint density at radius 2 is 1.92 bits per heavy atom. The Kier molecular flexibility index (Phi) is 2.34. The monoisotopic (exact) mass is 184 g/mol. The van der Waals surface area contributed by atoms with Gasteiger partial charge in [-0.3, -0.25) is 0 Å². The minimum Gasteiger partial charge on any atom is -0.394 e. The summed E-state index contributed by atoms with van der Waals surface area (Å²) in [4.78, 5) is 2.46. The lowest BCUT2D eigenvalue weighted by Gasteiger charge is -2.44. The number of rotatable bonds is 2. The maximum absolute atomic E-state index is 9.35. The van der Waals surface area contributed by atoms with Gasteiger partial charge in [0.15, 0.2) is 0 Å². The third-order valence-corrected chi connectivity index (χ3v) is 4.06. The standard InChI is InChI=1S/C10H20N2O/c1-2-12-5-8-3-4-9(6-12)10(8,11)7-13/h8-9,13H,2-7,11H2,1H3. The minimum absolute atomic E-state index is 0.167. The molecule has 0 aromatic carbocycles.